The van der Waals surface area contributed by atoms with Crippen LogP contribution in [0.25, 0.3) is 6.08 Å². The number of carbonyl (C=O) groups excluding carboxylic acids is 1. The van der Waals surface area contributed by atoms with E-state index >= 15 is 0 Å². The minimum Gasteiger partial charge on any atom is -0.295 e. The fourth-order valence-electron chi connectivity index (χ4n) is 0.787. The van der Waals surface area contributed by atoms with E-state index in [1.165, 1.54) is 25.1 Å². The molecule has 0 aromatic heterocycles. The molecular weight excluding hydrogens is 179 g/mol. The van der Waals surface area contributed by atoms with Gasteiger partial charge in [0.05, 0.1) is 0 Å². The molecule has 0 spiro atoms. The summed E-state index contributed by atoms with van der Waals surface area (Å²) in [6, 6.07) is 5.96. The molecule has 0 heterocycles. The smallest absolute Gasteiger partial charge is 0.152 e. The van der Waals surface area contributed by atoms with Crippen LogP contribution in [0.2, 0.25) is 0 Å². The largest absolute Gasteiger partial charge is 0.295 e. The fourth-order valence-corrected chi connectivity index (χ4v) is 0.787. The average Bonchev–Trinajstić information content (AvgIpc) is 2.20. The lowest BCUT2D eigenvalue weighted by Crippen LogP contribution is -1.80. The monoisotopic (exact) mass is 192 g/mol. The number of hydrogen-bond acceptors (Lipinski definition) is 1. The van der Waals surface area contributed by atoms with Crippen molar-refractivity contribution in [3.05, 3.63) is 54.9 Å². The Hall–Kier alpha value is -1.70. The number of allylic oxidation sites excluding steroid dienone is 1. The van der Waals surface area contributed by atoms with Gasteiger partial charge in [0.15, 0.2) is 5.78 Å². The van der Waals surface area contributed by atoms with Gasteiger partial charge in [-0.2, -0.15) is 0 Å². The zero-order valence-electron chi connectivity index (χ0n) is 8.16. The predicted molar refractivity (Wildman–Crippen MR) is 57.4 cm³/mol. The van der Waals surface area contributed by atoms with Gasteiger partial charge in [0.25, 0.3) is 0 Å². The molecule has 0 aliphatic rings. The molecule has 0 aliphatic carbocycles. The SMILES string of the molecule is C=C.CC(=O)/C=C/c1ccc(F)cc1. The Balaban J connectivity index is 0.000000791. The molecule has 0 aliphatic heterocycles. The van der Waals surface area contributed by atoms with E-state index in [9.17, 15) is 9.18 Å². The van der Waals surface area contributed by atoms with E-state index in [4.69, 9.17) is 0 Å². The van der Waals surface area contributed by atoms with Crippen molar-refractivity contribution in [3.8, 4) is 0 Å². The molecule has 0 unspecified atom stereocenters. The first-order valence-corrected chi connectivity index (χ1v) is 4.13. The highest BCUT2D eigenvalue weighted by molar-refractivity contribution is 5.91. The Morgan fingerprint density at radius 1 is 1.29 bits per heavy atom. The van der Waals surface area contributed by atoms with Gasteiger partial charge in [0, 0.05) is 0 Å². The first kappa shape index (κ1) is 12.3. The summed E-state index contributed by atoms with van der Waals surface area (Å²) >= 11 is 0. The van der Waals surface area contributed by atoms with Crippen LogP contribution in [0.3, 0.4) is 0 Å². The van der Waals surface area contributed by atoms with Crippen LogP contribution in [-0.2, 0) is 4.79 Å². The van der Waals surface area contributed by atoms with Crippen molar-refractivity contribution in [2.45, 2.75) is 6.92 Å². The van der Waals surface area contributed by atoms with Crippen LogP contribution in [0.5, 0.6) is 0 Å². The molecular formula is C12H13FO. The maximum absolute atomic E-state index is 12.4. The zero-order valence-corrected chi connectivity index (χ0v) is 8.16. The molecule has 0 atom stereocenters. The minimum absolute atomic E-state index is 0.0145. The van der Waals surface area contributed by atoms with Gasteiger partial charge in [-0.05, 0) is 30.7 Å². The third-order valence-electron chi connectivity index (χ3n) is 1.38. The highest BCUT2D eigenvalue weighted by atomic mass is 19.1. The summed E-state index contributed by atoms with van der Waals surface area (Å²) in [5.41, 5.74) is 0.826. The predicted octanol–water partition coefficient (Wildman–Crippen LogP) is 3.23. The maximum atomic E-state index is 12.4. The van der Waals surface area contributed by atoms with Gasteiger partial charge >= 0.3 is 0 Å². The molecule has 0 fully saturated rings. The lowest BCUT2D eigenvalue weighted by molar-refractivity contribution is -0.112. The molecule has 0 bridgehead atoms. The topological polar surface area (TPSA) is 17.1 Å². The summed E-state index contributed by atoms with van der Waals surface area (Å²) in [6.45, 7) is 7.47. The van der Waals surface area contributed by atoms with E-state index in [0.29, 0.717) is 0 Å². The van der Waals surface area contributed by atoms with Crippen LogP contribution in [0, 0.1) is 5.82 Å². The van der Waals surface area contributed by atoms with Crippen LogP contribution in [0.4, 0.5) is 4.39 Å². The third-order valence-corrected chi connectivity index (χ3v) is 1.38. The van der Waals surface area contributed by atoms with E-state index < -0.39 is 0 Å². The van der Waals surface area contributed by atoms with Crippen LogP contribution in [-0.4, -0.2) is 5.78 Å². The molecule has 1 aromatic carbocycles. The van der Waals surface area contributed by atoms with Gasteiger partial charge in [0.2, 0.25) is 0 Å². The molecule has 1 nitrogen and oxygen atoms in total. The Kier molecular flexibility index (Phi) is 5.95. The Morgan fingerprint density at radius 2 is 1.79 bits per heavy atom. The summed E-state index contributed by atoms with van der Waals surface area (Å²) in [7, 11) is 0. The van der Waals surface area contributed by atoms with Crippen molar-refractivity contribution < 1.29 is 9.18 Å². The molecule has 0 saturated heterocycles. The second kappa shape index (κ2) is 6.78. The number of benzene rings is 1. The number of halogens is 1. The molecule has 2 heteroatoms. The van der Waals surface area contributed by atoms with Crippen LogP contribution >= 0.6 is 0 Å². The van der Waals surface area contributed by atoms with E-state index in [1.807, 2.05) is 0 Å². The van der Waals surface area contributed by atoms with Crippen molar-refractivity contribution >= 4 is 11.9 Å². The molecule has 0 N–H and O–H groups in total. The van der Waals surface area contributed by atoms with Crippen molar-refractivity contribution in [1.29, 1.82) is 0 Å². The molecule has 14 heavy (non-hydrogen) atoms. The lowest BCUT2D eigenvalue weighted by Gasteiger charge is -1.90. The molecule has 1 rings (SSSR count). The molecule has 74 valence electrons. The normalized spacial score (nSPS) is 9.29. The van der Waals surface area contributed by atoms with Crippen LogP contribution in [0.1, 0.15) is 12.5 Å². The van der Waals surface area contributed by atoms with Gasteiger partial charge in [-0.1, -0.05) is 18.2 Å². The second-order valence-corrected chi connectivity index (χ2v) is 2.50. The second-order valence-electron chi connectivity index (χ2n) is 2.50. The number of rotatable bonds is 2. The molecule has 0 radical (unpaired) electrons. The third kappa shape index (κ3) is 5.04. The lowest BCUT2D eigenvalue weighted by atomic mass is 10.2. The van der Waals surface area contributed by atoms with Crippen molar-refractivity contribution in [2.24, 2.45) is 0 Å². The molecule has 1 aromatic rings. The highest BCUT2D eigenvalue weighted by Gasteiger charge is 1.88. The van der Waals surface area contributed by atoms with Crippen molar-refractivity contribution in [3.63, 3.8) is 0 Å². The summed E-state index contributed by atoms with van der Waals surface area (Å²) in [5.74, 6) is -0.283. The van der Waals surface area contributed by atoms with Crippen LogP contribution < -0.4 is 0 Å². The zero-order chi connectivity index (χ0) is 11.0. The molecule has 0 saturated carbocycles. The van der Waals surface area contributed by atoms with Gasteiger partial charge in [-0.3, -0.25) is 4.79 Å². The highest BCUT2D eigenvalue weighted by Crippen LogP contribution is 2.04. The van der Waals surface area contributed by atoms with E-state index in [-0.39, 0.29) is 11.6 Å². The average molecular weight is 192 g/mol. The van der Waals surface area contributed by atoms with Crippen molar-refractivity contribution in [1.82, 2.24) is 0 Å². The van der Waals surface area contributed by atoms with Crippen LogP contribution in [0.15, 0.2) is 43.5 Å². The number of ketones is 1. The summed E-state index contributed by atoms with van der Waals surface area (Å²) in [5, 5.41) is 0. The first-order valence-electron chi connectivity index (χ1n) is 4.13. The Morgan fingerprint density at radius 3 is 2.21 bits per heavy atom. The molecule has 0 amide bonds. The van der Waals surface area contributed by atoms with E-state index in [0.717, 1.165) is 5.56 Å². The van der Waals surface area contributed by atoms with Gasteiger partial charge in [-0.25, -0.2) is 4.39 Å². The standard InChI is InChI=1S/C10H9FO.C2H4/c1-8(12)2-3-9-4-6-10(11)7-5-9;1-2/h2-7H,1H3;1-2H2/b3-2+;. The van der Waals surface area contributed by atoms with Gasteiger partial charge < -0.3 is 0 Å². The van der Waals surface area contributed by atoms with Gasteiger partial charge in [0.1, 0.15) is 5.82 Å². The number of carbonyl (C=O) groups is 1. The number of hydrogen-bond donors (Lipinski definition) is 0. The summed E-state index contributed by atoms with van der Waals surface area (Å²) in [4.78, 5) is 10.5. The van der Waals surface area contributed by atoms with E-state index in [2.05, 4.69) is 13.2 Å². The van der Waals surface area contributed by atoms with E-state index in [1.54, 1.807) is 18.2 Å². The Bertz CT molecular complexity index is 312. The fraction of sp³-hybridized carbons (Fsp3) is 0.0833. The summed E-state index contributed by atoms with van der Waals surface area (Å²) < 4.78 is 12.4. The van der Waals surface area contributed by atoms with Crippen molar-refractivity contribution in [2.75, 3.05) is 0 Å². The maximum Gasteiger partial charge on any atom is 0.152 e. The minimum atomic E-state index is -0.269. The van der Waals surface area contributed by atoms with Gasteiger partial charge in [-0.15, -0.1) is 13.2 Å². The summed E-state index contributed by atoms with van der Waals surface area (Å²) in [6.07, 6.45) is 3.11. The Labute approximate surface area is 83.6 Å². The first-order chi connectivity index (χ1) is 6.68. The quantitative estimate of drug-likeness (QED) is 0.519.